The van der Waals surface area contributed by atoms with Gasteiger partial charge in [-0.3, -0.25) is 4.98 Å². The van der Waals surface area contributed by atoms with Crippen LogP contribution in [0.4, 0.5) is 10.2 Å². The Morgan fingerprint density at radius 1 is 1.20 bits per heavy atom. The van der Waals surface area contributed by atoms with Crippen LogP contribution in [-0.4, -0.2) is 15.0 Å². The monoisotopic (exact) mass is 204 g/mol. The van der Waals surface area contributed by atoms with Crippen LogP contribution in [0.2, 0.25) is 0 Å². The van der Waals surface area contributed by atoms with Crippen molar-refractivity contribution in [2.75, 3.05) is 5.32 Å². The maximum Gasteiger partial charge on any atom is 0.183 e. The molecule has 2 aromatic heterocycles. The Morgan fingerprint density at radius 2 is 2.00 bits per heavy atom. The number of nitrogens with zero attached hydrogens (tertiary/aromatic N) is 3. The molecule has 1 N–H and O–H groups in total. The Morgan fingerprint density at radius 3 is 2.73 bits per heavy atom. The summed E-state index contributed by atoms with van der Waals surface area (Å²) in [6.07, 6.45) is 5.81. The van der Waals surface area contributed by atoms with E-state index in [9.17, 15) is 4.39 Å². The van der Waals surface area contributed by atoms with Crippen molar-refractivity contribution in [3.8, 4) is 0 Å². The molecule has 2 aromatic rings. The van der Waals surface area contributed by atoms with E-state index in [0.29, 0.717) is 6.54 Å². The summed E-state index contributed by atoms with van der Waals surface area (Å²) in [6, 6.07) is 3.71. The molecule has 0 radical (unpaired) electrons. The first-order chi connectivity index (χ1) is 7.36. The summed E-state index contributed by atoms with van der Waals surface area (Å²) < 4.78 is 13.1. The average molecular weight is 204 g/mol. The highest BCUT2D eigenvalue weighted by atomic mass is 19.1. The molecule has 0 aliphatic rings. The van der Waals surface area contributed by atoms with Crippen molar-refractivity contribution in [2.45, 2.75) is 6.54 Å². The molecule has 0 saturated carbocycles. The van der Waals surface area contributed by atoms with Crippen molar-refractivity contribution in [1.82, 2.24) is 15.0 Å². The molecule has 0 bridgehead atoms. The summed E-state index contributed by atoms with van der Waals surface area (Å²) in [7, 11) is 0. The van der Waals surface area contributed by atoms with Crippen LogP contribution in [-0.2, 0) is 6.54 Å². The standard InChI is InChI=1S/C10H9FN4/c11-9-6-13-7-15-10(9)14-5-8-1-3-12-4-2-8/h1-4,6-7H,5H2,(H,13,14,15). The van der Waals surface area contributed by atoms with Gasteiger partial charge >= 0.3 is 0 Å². The van der Waals surface area contributed by atoms with Crippen molar-refractivity contribution in [3.05, 3.63) is 48.4 Å². The summed E-state index contributed by atoms with van der Waals surface area (Å²) >= 11 is 0. The number of hydrogen-bond donors (Lipinski definition) is 1. The Bertz CT molecular complexity index is 432. The second-order valence-electron chi connectivity index (χ2n) is 2.93. The SMILES string of the molecule is Fc1cncnc1NCc1ccncc1. The van der Waals surface area contributed by atoms with E-state index >= 15 is 0 Å². The molecule has 0 amide bonds. The van der Waals surface area contributed by atoms with Gasteiger partial charge in [0.1, 0.15) is 6.33 Å². The molecule has 0 unspecified atom stereocenters. The van der Waals surface area contributed by atoms with Gasteiger partial charge in [0, 0.05) is 18.9 Å². The van der Waals surface area contributed by atoms with Crippen LogP contribution in [0.5, 0.6) is 0 Å². The van der Waals surface area contributed by atoms with E-state index in [1.165, 1.54) is 6.33 Å². The third-order valence-electron chi connectivity index (χ3n) is 1.88. The first-order valence-electron chi connectivity index (χ1n) is 4.44. The van der Waals surface area contributed by atoms with E-state index in [4.69, 9.17) is 0 Å². The van der Waals surface area contributed by atoms with Gasteiger partial charge in [0.25, 0.3) is 0 Å². The zero-order valence-corrected chi connectivity index (χ0v) is 7.89. The Labute approximate surface area is 86.2 Å². The molecule has 0 aliphatic heterocycles. The molecule has 2 rings (SSSR count). The lowest BCUT2D eigenvalue weighted by molar-refractivity contribution is 0.616. The number of nitrogens with one attached hydrogen (secondary N) is 1. The lowest BCUT2D eigenvalue weighted by atomic mass is 10.3. The summed E-state index contributed by atoms with van der Waals surface area (Å²) in [5.74, 6) is -0.242. The van der Waals surface area contributed by atoms with Crippen LogP contribution in [0.15, 0.2) is 37.1 Å². The van der Waals surface area contributed by atoms with Crippen molar-refractivity contribution in [3.63, 3.8) is 0 Å². The minimum absolute atomic E-state index is 0.210. The fraction of sp³-hybridized carbons (Fsp3) is 0.100. The number of pyridine rings is 1. The molecule has 0 aliphatic carbocycles. The largest absolute Gasteiger partial charge is 0.363 e. The minimum atomic E-state index is -0.452. The van der Waals surface area contributed by atoms with Gasteiger partial charge in [0.05, 0.1) is 6.20 Å². The third-order valence-corrected chi connectivity index (χ3v) is 1.88. The predicted molar refractivity (Wildman–Crippen MR) is 53.6 cm³/mol. The van der Waals surface area contributed by atoms with Crippen LogP contribution in [0, 0.1) is 5.82 Å². The van der Waals surface area contributed by atoms with E-state index in [0.717, 1.165) is 11.8 Å². The molecule has 2 heterocycles. The first kappa shape index (κ1) is 9.51. The van der Waals surface area contributed by atoms with E-state index in [-0.39, 0.29) is 5.82 Å². The fourth-order valence-corrected chi connectivity index (χ4v) is 1.13. The molecule has 4 nitrogen and oxygen atoms in total. The zero-order chi connectivity index (χ0) is 10.5. The Hall–Kier alpha value is -2.04. The third kappa shape index (κ3) is 2.46. The van der Waals surface area contributed by atoms with E-state index in [1.54, 1.807) is 12.4 Å². The lowest BCUT2D eigenvalue weighted by Crippen LogP contribution is -2.03. The highest BCUT2D eigenvalue weighted by Crippen LogP contribution is 2.08. The smallest absolute Gasteiger partial charge is 0.183 e. The highest BCUT2D eigenvalue weighted by molar-refractivity contribution is 5.34. The maximum atomic E-state index is 13.1. The van der Waals surface area contributed by atoms with Crippen LogP contribution in [0.1, 0.15) is 5.56 Å². The predicted octanol–water partition coefficient (Wildman–Crippen LogP) is 1.62. The van der Waals surface area contributed by atoms with Crippen molar-refractivity contribution < 1.29 is 4.39 Å². The summed E-state index contributed by atoms with van der Waals surface area (Å²) in [5, 5.41) is 2.88. The summed E-state index contributed by atoms with van der Waals surface area (Å²) in [5.41, 5.74) is 1.02. The fourth-order valence-electron chi connectivity index (χ4n) is 1.13. The van der Waals surface area contributed by atoms with E-state index in [2.05, 4.69) is 20.3 Å². The van der Waals surface area contributed by atoms with Gasteiger partial charge in [-0.1, -0.05) is 0 Å². The molecule has 0 fully saturated rings. The molecule has 0 saturated heterocycles. The highest BCUT2D eigenvalue weighted by Gasteiger charge is 2.01. The van der Waals surface area contributed by atoms with Gasteiger partial charge in [0.2, 0.25) is 0 Å². The molecular weight excluding hydrogens is 195 g/mol. The minimum Gasteiger partial charge on any atom is -0.363 e. The molecule has 0 atom stereocenters. The lowest BCUT2D eigenvalue weighted by Gasteiger charge is -2.05. The van der Waals surface area contributed by atoms with E-state index < -0.39 is 5.82 Å². The van der Waals surface area contributed by atoms with Crippen LogP contribution < -0.4 is 5.32 Å². The average Bonchev–Trinajstić information content (AvgIpc) is 2.29. The second-order valence-corrected chi connectivity index (χ2v) is 2.93. The molecule has 0 spiro atoms. The summed E-state index contributed by atoms with van der Waals surface area (Å²) in [6.45, 7) is 0.510. The maximum absolute atomic E-state index is 13.1. The van der Waals surface area contributed by atoms with Gasteiger partial charge in [-0.2, -0.15) is 0 Å². The topological polar surface area (TPSA) is 50.7 Å². The van der Waals surface area contributed by atoms with Gasteiger partial charge in [-0.15, -0.1) is 0 Å². The van der Waals surface area contributed by atoms with Crippen LogP contribution >= 0.6 is 0 Å². The first-order valence-corrected chi connectivity index (χ1v) is 4.44. The van der Waals surface area contributed by atoms with Crippen molar-refractivity contribution >= 4 is 5.82 Å². The number of rotatable bonds is 3. The molecule has 76 valence electrons. The number of hydrogen-bond acceptors (Lipinski definition) is 4. The molecule has 0 aromatic carbocycles. The Balaban J connectivity index is 2.03. The van der Waals surface area contributed by atoms with E-state index in [1.807, 2.05) is 12.1 Å². The number of anilines is 1. The normalized spacial score (nSPS) is 9.93. The van der Waals surface area contributed by atoms with Gasteiger partial charge in [0.15, 0.2) is 11.6 Å². The van der Waals surface area contributed by atoms with Gasteiger partial charge < -0.3 is 5.32 Å². The molecular formula is C10H9FN4. The second kappa shape index (κ2) is 4.45. The van der Waals surface area contributed by atoms with Crippen LogP contribution in [0.25, 0.3) is 0 Å². The van der Waals surface area contributed by atoms with Gasteiger partial charge in [-0.05, 0) is 17.7 Å². The Kier molecular flexibility index (Phi) is 2.82. The summed E-state index contributed by atoms with van der Waals surface area (Å²) in [4.78, 5) is 11.2. The molecule has 15 heavy (non-hydrogen) atoms. The van der Waals surface area contributed by atoms with Crippen molar-refractivity contribution in [2.24, 2.45) is 0 Å². The van der Waals surface area contributed by atoms with Crippen molar-refractivity contribution in [1.29, 1.82) is 0 Å². The molecule has 5 heteroatoms. The number of aromatic nitrogens is 3. The quantitative estimate of drug-likeness (QED) is 0.825. The van der Waals surface area contributed by atoms with Gasteiger partial charge in [-0.25, -0.2) is 14.4 Å². The van der Waals surface area contributed by atoms with Crippen LogP contribution in [0.3, 0.4) is 0 Å². The zero-order valence-electron chi connectivity index (χ0n) is 7.89. The number of halogens is 1.